The van der Waals surface area contributed by atoms with Crippen LogP contribution in [0.15, 0.2) is 24.4 Å². The van der Waals surface area contributed by atoms with Crippen molar-refractivity contribution < 1.29 is 0 Å². The summed E-state index contributed by atoms with van der Waals surface area (Å²) in [5.74, 6) is 0.819. The zero-order valence-corrected chi connectivity index (χ0v) is 10.4. The Morgan fingerprint density at radius 3 is 3.06 bits per heavy atom. The highest BCUT2D eigenvalue weighted by Crippen LogP contribution is 2.24. The predicted octanol–water partition coefficient (Wildman–Crippen LogP) is 2.88. The van der Waals surface area contributed by atoms with Crippen LogP contribution in [0, 0.1) is 5.92 Å². The van der Waals surface area contributed by atoms with Crippen molar-refractivity contribution in [3.63, 3.8) is 0 Å². The van der Waals surface area contributed by atoms with Crippen LogP contribution in [0.3, 0.4) is 0 Å². The van der Waals surface area contributed by atoms with Gasteiger partial charge in [-0.3, -0.25) is 0 Å². The third-order valence-corrected chi connectivity index (χ3v) is 3.91. The first-order valence-corrected chi connectivity index (χ1v) is 6.66. The smallest absolute Gasteiger partial charge is 0.0456 e. The van der Waals surface area contributed by atoms with Gasteiger partial charge in [0.25, 0.3) is 0 Å². The standard InChI is InChI=1S/C15H20N2/c1-2-11-3-4-15-14(8-11)13(10-17-15)7-12-5-6-16-9-12/h3-4,8,10,12,16-17H,2,5-7,9H2,1H3. The van der Waals surface area contributed by atoms with Gasteiger partial charge in [0, 0.05) is 17.1 Å². The van der Waals surface area contributed by atoms with Crippen LogP contribution in [-0.2, 0) is 12.8 Å². The van der Waals surface area contributed by atoms with Crippen molar-refractivity contribution in [3.05, 3.63) is 35.5 Å². The van der Waals surface area contributed by atoms with Gasteiger partial charge in [0.1, 0.15) is 0 Å². The van der Waals surface area contributed by atoms with Crippen molar-refractivity contribution in [1.29, 1.82) is 0 Å². The Kier molecular flexibility index (Phi) is 2.89. The molecule has 3 rings (SSSR count). The molecule has 0 bridgehead atoms. The zero-order valence-electron chi connectivity index (χ0n) is 10.4. The third kappa shape index (κ3) is 2.09. The van der Waals surface area contributed by atoms with Gasteiger partial charge < -0.3 is 10.3 Å². The summed E-state index contributed by atoms with van der Waals surface area (Å²) < 4.78 is 0. The van der Waals surface area contributed by atoms with Crippen LogP contribution in [0.4, 0.5) is 0 Å². The molecule has 0 aliphatic carbocycles. The van der Waals surface area contributed by atoms with Crippen molar-refractivity contribution in [2.75, 3.05) is 13.1 Å². The lowest BCUT2D eigenvalue weighted by molar-refractivity contribution is 0.582. The van der Waals surface area contributed by atoms with E-state index in [0.29, 0.717) is 0 Å². The Morgan fingerprint density at radius 2 is 2.29 bits per heavy atom. The first-order chi connectivity index (χ1) is 8.36. The van der Waals surface area contributed by atoms with Gasteiger partial charge in [-0.2, -0.15) is 0 Å². The molecule has 1 saturated heterocycles. The molecule has 1 aromatic heterocycles. The Labute approximate surface area is 102 Å². The monoisotopic (exact) mass is 228 g/mol. The summed E-state index contributed by atoms with van der Waals surface area (Å²) in [6, 6.07) is 6.79. The van der Waals surface area contributed by atoms with E-state index >= 15 is 0 Å². The molecular formula is C15H20N2. The van der Waals surface area contributed by atoms with Gasteiger partial charge in [-0.1, -0.05) is 13.0 Å². The summed E-state index contributed by atoms with van der Waals surface area (Å²) in [7, 11) is 0. The van der Waals surface area contributed by atoms with Gasteiger partial charge in [-0.25, -0.2) is 0 Å². The second kappa shape index (κ2) is 4.53. The van der Waals surface area contributed by atoms with Crippen LogP contribution in [0.1, 0.15) is 24.5 Å². The number of aryl methyl sites for hydroxylation is 1. The number of aromatic nitrogens is 1. The van der Waals surface area contributed by atoms with Crippen molar-refractivity contribution in [1.82, 2.24) is 10.3 Å². The summed E-state index contributed by atoms with van der Waals surface area (Å²) in [6.45, 7) is 4.59. The number of H-pyrrole nitrogens is 1. The molecule has 0 saturated carbocycles. The molecule has 1 aliphatic rings. The van der Waals surface area contributed by atoms with Crippen LogP contribution in [-0.4, -0.2) is 18.1 Å². The molecule has 2 N–H and O–H groups in total. The molecule has 2 heteroatoms. The molecule has 1 fully saturated rings. The summed E-state index contributed by atoms with van der Waals surface area (Å²) in [5, 5.41) is 4.87. The average Bonchev–Trinajstić information content (AvgIpc) is 2.99. The van der Waals surface area contributed by atoms with Crippen molar-refractivity contribution >= 4 is 10.9 Å². The predicted molar refractivity (Wildman–Crippen MR) is 72.4 cm³/mol. The number of nitrogens with one attached hydrogen (secondary N) is 2. The molecule has 1 unspecified atom stereocenters. The van der Waals surface area contributed by atoms with E-state index in [2.05, 4.69) is 41.6 Å². The number of aromatic amines is 1. The fraction of sp³-hybridized carbons (Fsp3) is 0.467. The number of hydrogen-bond donors (Lipinski definition) is 2. The van der Waals surface area contributed by atoms with Gasteiger partial charge in [0.15, 0.2) is 0 Å². The van der Waals surface area contributed by atoms with Crippen molar-refractivity contribution in [2.24, 2.45) is 5.92 Å². The van der Waals surface area contributed by atoms with E-state index < -0.39 is 0 Å². The van der Waals surface area contributed by atoms with Crippen LogP contribution in [0.2, 0.25) is 0 Å². The molecule has 1 aromatic carbocycles. The Bertz CT molecular complexity index is 507. The van der Waals surface area contributed by atoms with Crippen molar-refractivity contribution in [2.45, 2.75) is 26.2 Å². The summed E-state index contributed by atoms with van der Waals surface area (Å²) in [5.41, 5.74) is 4.20. The minimum absolute atomic E-state index is 0.819. The highest BCUT2D eigenvalue weighted by atomic mass is 14.9. The lowest BCUT2D eigenvalue weighted by atomic mass is 9.97. The summed E-state index contributed by atoms with van der Waals surface area (Å²) in [4.78, 5) is 3.39. The molecule has 90 valence electrons. The highest BCUT2D eigenvalue weighted by Gasteiger charge is 2.16. The molecule has 0 amide bonds. The SMILES string of the molecule is CCc1ccc2[nH]cc(CC3CCNC3)c2c1. The Hall–Kier alpha value is -1.28. The van der Waals surface area contributed by atoms with E-state index in [1.54, 1.807) is 0 Å². The lowest BCUT2D eigenvalue weighted by Crippen LogP contribution is -2.10. The van der Waals surface area contributed by atoms with E-state index in [-0.39, 0.29) is 0 Å². The molecule has 2 aromatic rings. The fourth-order valence-corrected chi connectivity index (χ4v) is 2.81. The summed E-state index contributed by atoms with van der Waals surface area (Å²) >= 11 is 0. The third-order valence-electron chi connectivity index (χ3n) is 3.91. The van der Waals surface area contributed by atoms with E-state index in [0.717, 1.165) is 12.3 Å². The molecule has 1 aliphatic heterocycles. The maximum Gasteiger partial charge on any atom is 0.0456 e. The minimum Gasteiger partial charge on any atom is -0.361 e. The average molecular weight is 228 g/mol. The van der Waals surface area contributed by atoms with Crippen molar-refractivity contribution in [3.8, 4) is 0 Å². The second-order valence-electron chi connectivity index (χ2n) is 5.11. The van der Waals surface area contributed by atoms with Crippen LogP contribution >= 0.6 is 0 Å². The van der Waals surface area contributed by atoms with Gasteiger partial charge in [-0.05, 0) is 61.5 Å². The topological polar surface area (TPSA) is 27.8 Å². The second-order valence-corrected chi connectivity index (χ2v) is 5.11. The zero-order chi connectivity index (χ0) is 11.7. The number of benzene rings is 1. The van der Waals surface area contributed by atoms with E-state index in [1.165, 1.54) is 48.0 Å². The van der Waals surface area contributed by atoms with E-state index in [4.69, 9.17) is 0 Å². The maximum atomic E-state index is 3.45. The van der Waals surface area contributed by atoms with Crippen LogP contribution in [0.5, 0.6) is 0 Å². The van der Waals surface area contributed by atoms with Gasteiger partial charge in [0.05, 0.1) is 0 Å². The Morgan fingerprint density at radius 1 is 1.35 bits per heavy atom. The van der Waals surface area contributed by atoms with E-state index in [9.17, 15) is 0 Å². The minimum atomic E-state index is 0.819. The molecule has 0 radical (unpaired) electrons. The summed E-state index contributed by atoms with van der Waals surface area (Å²) in [6.07, 6.45) is 5.84. The molecule has 17 heavy (non-hydrogen) atoms. The van der Waals surface area contributed by atoms with Gasteiger partial charge in [0.2, 0.25) is 0 Å². The first-order valence-electron chi connectivity index (χ1n) is 6.66. The normalized spacial score (nSPS) is 20.2. The number of rotatable bonds is 3. The maximum absolute atomic E-state index is 3.45. The fourth-order valence-electron chi connectivity index (χ4n) is 2.81. The molecule has 2 nitrogen and oxygen atoms in total. The largest absolute Gasteiger partial charge is 0.361 e. The van der Waals surface area contributed by atoms with Gasteiger partial charge in [-0.15, -0.1) is 0 Å². The first kappa shape index (κ1) is 10.8. The quantitative estimate of drug-likeness (QED) is 0.830. The molecular weight excluding hydrogens is 208 g/mol. The number of hydrogen-bond acceptors (Lipinski definition) is 1. The molecule has 0 spiro atoms. The van der Waals surface area contributed by atoms with Crippen LogP contribution < -0.4 is 5.32 Å². The van der Waals surface area contributed by atoms with Crippen LogP contribution in [0.25, 0.3) is 10.9 Å². The Balaban J connectivity index is 1.92. The highest BCUT2D eigenvalue weighted by molar-refractivity contribution is 5.83. The van der Waals surface area contributed by atoms with E-state index in [1.807, 2.05) is 0 Å². The lowest BCUT2D eigenvalue weighted by Gasteiger charge is -2.07. The number of fused-ring (bicyclic) bond motifs is 1. The molecule has 2 heterocycles. The molecule has 1 atom stereocenters. The van der Waals surface area contributed by atoms with Gasteiger partial charge >= 0.3 is 0 Å².